The second kappa shape index (κ2) is 1.70. The molecule has 0 radical (unpaired) electrons. The van der Waals surface area contributed by atoms with E-state index in [1.54, 1.807) is 0 Å². The minimum Gasteiger partial charge on any atom is -0.358 e. The Morgan fingerprint density at radius 2 is 2.44 bits per heavy atom. The zero-order chi connectivity index (χ0) is 6.27. The molecule has 3 aliphatic rings. The van der Waals surface area contributed by atoms with Gasteiger partial charge in [-0.3, -0.25) is 4.79 Å². The van der Waals surface area contributed by atoms with Crippen LogP contribution in [0, 0.1) is 5.92 Å². The van der Waals surface area contributed by atoms with Crippen LogP contribution in [-0.4, -0.2) is 18.7 Å². The number of amides is 1. The highest BCUT2D eigenvalue weighted by Crippen LogP contribution is 2.22. The minimum absolute atomic E-state index is 0.0301. The zero-order valence-electron chi connectivity index (χ0n) is 5.09. The molecule has 3 aliphatic heterocycles. The van der Waals surface area contributed by atoms with Gasteiger partial charge in [-0.25, -0.2) is 0 Å². The van der Waals surface area contributed by atoms with Gasteiger partial charge in [0.15, 0.2) is 0 Å². The topological polar surface area (TPSA) is 38.3 Å². The van der Waals surface area contributed by atoms with E-state index in [9.17, 15) is 4.79 Å². The average Bonchev–Trinajstić information content (AvgIpc) is 1.90. The molecule has 3 fully saturated rings. The van der Waals surface area contributed by atoms with E-state index in [2.05, 4.69) is 5.32 Å². The van der Waals surface area contributed by atoms with E-state index in [1.807, 2.05) is 0 Å². The van der Waals surface area contributed by atoms with Gasteiger partial charge >= 0.3 is 0 Å². The maximum atomic E-state index is 10.9. The van der Waals surface area contributed by atoms with E-state index in [1.165, 1.54) is 0 Å². The first-order valence-electron chi connectivity index (χ1n) is 3.28. The second-order valence-corrected chi connectivity index (χ2v) is 2.60. The minimum atomic E-state index is 0.0301. The van der Waals surface area contributed by atoms with Crippen LogP contribution in [0.4, 0.5) is 0 Å². The Bertz CT molecular complexity index is 138. The van der Waals surface area contributed by atoms with Gasteiger partial charge in [0, 0.05) is 0 Å². The summed E-state index contributed by atoms with van der Waals surface area (Å²) in [7, 11) is 0. The van der Waals surface area contributed by atoms with Gasteiger partial charge in [-0.15, -0.1) is 0 Å². The summed E-state index contributed by atoms with van der Waals surface area (Å²) in [6, 6.07) is 0. The fourth-order valence-electron chi connectivity index (χ4n) is 1.35. The lowest BCUT2D eigenvalue weighted by atomic mass is 9.96. The van der Waals surface area contributed by atoms with E-state index in [0.717, 1.165) is 12.8 Å². The molecular weight excluding hydrogens is 118 g/mol. The predicted molar refractivity (Wildman–Crippen MR) is 30.6 cm³/mol. The van der Waals surface area contributed by atoms with Gasteiger partial charge < -0.3 is 10.1 Å². The third-order valence-electron chi connectivity index (χ3n) is 1.95. The summed E-state index contributed by atoms with van der Waals surface area (Å²) in [6.07, 6.45) is 2.04. The quantitative estimate of drug-likeness (QED) is 0.492. The summed E-state index contributed by atoms with van der Waals surface area (Å²) in [5, 5.41) is 2.75. The smallest absolute Gasteiger partial charge is 0.227 e. The molecule has 3 nitrogen and oxygen atoms in total. The Morgan fingerprint density at radius 3 is 2.67 bits per heavy atom. The molecule has 1 amide bonds. The van der Waals surface area contributed by atoms with Gasteiger partial charge in [0.1, 0.15) is 6.23 Å². The van der Waals surface area contributed by atoms with E-state index in [-0.39, 0.29) is 18.1 Å². The maximum absolute atomic E-state index is 10.9. The van der Waals surface area contributed by atoms with Crippen LogP contribution in [-0.2, 0) is 9.53 Å². The summed E-state index contributed by atoms with van der Waals surface area (Å²) >= 11 is 0. The van der Waals surface area contributed by atoms with Crippen LogP contribution in [0.2, 0.25) is 0 Å². The van der Waals surface area contributed by atoms with Crippen LogP contribution in [0.25, 0.3) is 0 Å². The molecule has 1 N–H and O–H groups in total. The number of carbonyl (C=O) groups excluding carboxylic acids is 1. The highest BCUT2D eigenvalue weighted by atomic mass is 16.5. The first kappa shape index (κ1) is 5.23. The zero-order valence-corrected chi connectivity index (χ0v) is 5.09. The molecular formula is C6H9NO2. The van der Waals surface area contributed by atoms with Crippen molar-refractivity contribution in [3.05, 3.63) is 0 Å². The predicted octanol–water partition coefficient (Wildman–Crippen LogP) is -0.131. The van der Waals surface area contributed by atoms with E-state index in [4.69, 9.17) is 4.74 Å². The van der Waals surface area contributed by atoms with Gasteiger partial charge in [0.05, 0.1) is 12.5 Å². The van der Waals surface area contributed by atoms with Crippen molar-refractivity contribution in [1.82, 2.24) is 5.32 Å². The number of hydrogen-bond donors (Lipinski definition) is 1. The number of carbonyl (C=O) groups is 1. The number of ether oxygens (including phenoxy) is 1. The Balaban J connectivity index is 2.15. The molecule has 3 heteroatoms. The molecule has 2 unspecified atom stereocenters. The summed E-state index contributed by atoms with van der Waals surface area (Å²) in [6.45, 7) is 0.635. The lowest BCUT2D eigenvalue weighted by Gasteiger charge is -2.35. The first-order chi connectivity index (χ1) is 4.36. The first-order valence-corrected chi connectivity index (χ1v) is 3.28. The van der Waals surface area contributed by atoms with E-state index >= 15 is 0 Å². The molecule has 3 heterocycles. The standard InChI is InChI=1S/C6H9NO2/c8-6-4-1-2-5(7-6)9-3-4/h4-5H,1-3H2,(H,7,8). The van der Waals surface area contributed by atoms with Crippen LogP contribution in [0.15, 0.2) is 0 Å². The molecule has 0 aromatic heterocycles. The lowest BCUT2D eigenvalue weighted by Crippen LogP contribution is -2.52. The third-order valence-corrected chi connectivity index (χ3v) is 1.95. The molecule has 3 saturated heterocycles. The Hall–Kier alpha value is -0.570. The molecule has 0 saturated carbocycles. The fraction of sp³-hybridized carbons (Fsp3) is 0.833. The summed E-state index contributed by atoms with van der Waals surface area (Å²) in [4.78, 5) is 10.9. The van der Waals surface area contributed by atoms with Crippen LogP contribution < -0.4 is 5.32 Å². The Kier molecular flexibility index (Phi) is 0.990. The van der Waals surface area contributed by atoms with Crippen molar-refractivity contribution in [2.45, 2.75) is 19.1 Å². The second-order valence-electron chi connectivity index (χ2n) is 2.60. The van der Waals surface area contributed by atoms with Crippen molar-refractivity contribution in [1.29, 1.82) is 0 Å². The molecule has 3 rings (SSSR count). The molecule has 0 aromatic carbocycles. The van der Waals surface area contributed by atoms with Crippen LogP contribution in [0.3, 0.4) is 0 Å². The fourth-order valence-corrected chi connectivity index (χ4v) is 1.35. The van der Waals surface area contributed by atoms with Crippen LogP contribution in [0.1, 0.15) is 12.8 Å². The Morgan fingerprint density at radius 1 is 1.56 bits per heavy atom. The summed E-state index contributed by atoms with van der Waals surface area (Å²) < 4.78 is 5.22. The van der Waals surface area contributed by atoms with Crippen molar-refractivity contribution in [2.24, 2.45) is 5.92 Å². The Labute approximate surface area is 53.4 Å². The maximum Gasteiger partial charge on any atom is 0.227 e. The molecule has 50 valence electrons. The van der Waals surface area contributed by atoms with Gasteiger partial charge in [0.25, 0.3) is 0 Å². The highest BCUT2D eigenvalue weighted by molar-refractivity contribution is 5.80. The molecule has 0 aliphatic carbocycles. The highest BCUT2D eigenvalue weighted by Gasteiger charge is 2.33. The van der Waals surface area contributed by atoms with Crippen molar-refractivity contribution in [2.75, 3.05) is 6.61 Å². The normalized spacial score (nSPS) is 40.7. The average molecular weight is 127 g/mol. The molecule has 0 aromatic rings. The summed E-state index contributed by atoms with van der Waals surface area (Å²) in [5.41, 5.74) is 0. The van der Waals surface area contributed by atoms with E-state index in [0.29, 0.717) is 6.61 Å². The molecule has 2 bridgehead atoms. The number of hydrogen-bond acceptors (Lipinski definition) is 2. The molecule has 9 heavy (non-hydrogen) atoms. The van der Waals surface area contributed by atoms with Gasteiger partial charge in [-0.2, -0.15) is 0 Å². The van der Waals surface area contributed by atoms with Crippen molar-refractivity contribution >= 4 is 5.91 Å². The monoisotopic (exact) mass is 127 g/mol. The van der Waals surface area contributed by atoms with Crippen molar-refractivity contribution in [3.8, 4) is 0 Å². The van der Waals surface area contributed by atoms with Crippen molar-refractivity contribution < 1.29 is 9.53 Å². The third kappa shape index (κ3) is 0.721. The number of rotatable bonds is 0. The summed E-state index contributed by atoms with van der Waals surface area (Å²) in [5.74, 6) is 0.326. The van der Waals surface area contributed by atoms with Gasteiger partial charge in [-0.1, -0.05) is 0 Å². The molecule has 0 spiro atoms. The number of fused-ring (bicyclic) bond motifs is 3. The van der Waals surface area contributed by atoms with Gasteiger partial charge in [0.2, 0.25) is 5.91 Å². The largest absolute Gasteiger partial charge is 0.358 e. The van der Waals surface area contributed by atoms with Gasteiger partial charge in [-0.05, 0) is 12.8 Å². The SMILES string of the molecule is O=C1NC2CCC1CO2. The molecule has 2 atom stereocenters. The van der Waals surface area contributed by atoms with Crippen molar-refractivity contribution in [3.63, 3.8) is 0 Å². The number of nitrogens with one attached hydrogen (secondary N) is 1. The van der Waals surface area contributed by atoms with E-state index < -0.39 is 0 Å². The van der Waals surface area contributed by atoms with Crippen LogP contribution in [0.5, 0.6) is 0 Å². The lowest BCUT2D eigenvalue weighted by molar-refractivity contribution is -0.150. The number of piperidine rings is 1. The van der Waals surface area contributed by atoms with Crippen LogP contribution >= 0.6 is 0 Å².